The third-order valence-corrected chi connectivity index (χ3v) is 6.22. The Bertz CT molecular complexity index is 1210. The van der Waals surface area contributed by atoms with Crippen LogP contribution < -0.4 is 10.9 Å². The molecule has 2 N–H and O–H groups in total. The molecule has 0 aliphatic heterocycles. The molecule has 4 rings (SSSR count). The molecule has 0 spiro atoms. The molecule has 29 heavy (non-hydrogen) atoms. The molecule has 0 atom stereocenters. The minimum absolute atomic E-state index is 0.368. The van der Waals surface area contributed by atoms with Crippen molar-refractivity contribution in [2.75, 3.05) is 0 Å². The van der Waals surface area contributed by atoms with Gasteiger partial charge in [0.25, 0.3) is 11.8 Å². The number of hydrazine groups is 1. The average Bonchev–Trinajstić information content (AvgIpc) is 3.27. The van der Waals surface area contributed by atoms with Crippen molar-refractivity contribution in [3.63, 3.8) is 0 Å². The Labute approximate surface area is 179 Å². The lowest BCUT2D eigenvalue weighted by Crippen LogP contribution is -2.41. The van der Waals surface area contributed by atoms with Gasteiger partial charge in [-0.05, 0) is 38.1 Å². The second-order valence-corrected chi connectivity index (χ2v) is 8.45. The fraction of sp³-hybridized carbons (Fsp3) is 0.0952. The van der Waals surface area contributed by atoms with Gasteiger partial charge in [-0.1, -0.05) is 57.1 Å². The molecule has 0 aliphatic carbocycles. The van der Waals surface area contributed by atoms with Gasteiger partial charge in [0.2, 0.25) is 0 Å². The van der Waals surface area contributed by atoms with Gasteiger partial charge in [-0.3, -0.25) is 24.8 Å². The molecule has 0 saturated heterocycles. The number of aromatic nitrogens is 2. The number of nitrogens with zero attached hydrogens (tertiary/aromatic N) is 2. The van der Waals surface area contributed by atoms with Gasteiger partial charge in [-0.2, -0.15) is 0 Å². The topological polar surface area (TPSA) is 75.5 Å². The van der Waals surface area contributed by atoms with Crippen LogP contribution in [0.5, 0.6) is 0 Å². The number of imidazole rings is 1. The van der Waals surface area contributed by atoms with Crippen molar-refractivity contribution >= 4 is 44.0 Å². The van der Waals surface area contributed by atoms with Crippen LogP contribution in [0.2, 0.25) is 0 Å². The first-order valence-electron chi connectivity index (χ1n) is 8.84. The zero-order valence-corrected chi connectivity index (χ0v) is 18.1. The van der Waals surface area contributed by atoms with Crippen LogP contribution in [0.1, 0.15) is 31.3 Å². The first-order valence-corrected chi connectivity index (χ1v) is 10.4. The quantitative estimate of drug-likeness (QED) is 0.434. The lowest BCUT2D eigenvalue weighted by atomic mass is 10.1. The Morgan fingerprint density at radius 3 is 2.31 bits per heavy atom. The Morgan fingerprint density at radius 2 is 1.62 bits per heavy atom. The third-order valence-electron chi connectivity index (χ3n) is 4.54. The summed E-state index contributed by atoms with van der Waals surface area (Å²) >= 11 is 4.72. The summed E-state index contributed by atoms with van der Waals surface area (Å²) in [6.07, 6.45) is 1.79. The molecule has 0 unspecified atom stereocenters. The number of nitrogens with one attached hydrogen (secondary N) is 2. The molecule has 8 heteroatoms. The van der Waals surface area contributed by atoms with E-state index in [0.717, 1.165) is 31.9 Å². The van der Waals surface area contributed by atoms with Crippen molar-refractivity contribution in [1.82, 2.24) is 20.2 Å². The molecular weight excluding hydrogens is 452 g/mol. The van der Waals surface area contributed by atoms with Crippen LogP contribution in [0.15, 0.2) is 59.2 Å². The molecule has 146 valence electrons. The van der Waals surface area contributed by atoms with Crippen molar-refractivity contribution < 1.29 is 9.59 Å². The Balaban J connectivity index is 1.55. The van der Waals surface area contributed by atoms with Crippen LogP contribution in [0.4, 0.5) is 0 Å². The maximum absolute atomic E-state index is 12.7. The summed E-state index contributed by atoms with van der Waals surface area (Å²) in [4.78, 5) is 30.5. The Kier molecular flexibility index (Phi) is 5.21. The number of hydrogen-bond acceptors (Lipinski definition) is 4. The third kappa shape index (κ3) is 3.81. The fourth-order valence-corrected chi connectivity index (χ4v) is 4.24. The van der Waals surface area contributed by atoms with E-state index in [0.29, 0.717) is 10.4 Å². The van der Waals surface area contributed by atoms with Crippen molar-refractivity contribution in [1.29, 1.82) is 0 Å². The number of carbonyl (C=O) groups excluding carboxylic acids is 2. The van der Waals surface area contributed by atoms with E-state index in [1.807, 2.05) is 54.6 Å². The smallest absolute Gasteiger partial charge is 0.281 e. The number of rotatable bonds is 3. The normalized spacial score (nSPS) is 10.9. The summed E-state index contributed by atoms with van der Waals surface area (Å²) in [5.41, 5.74) is 9.17. The van der Waals surface area contributed by atoms with Crippen molar-refractivity contribution in [3.05, 3.63) is 80.9 Å². The highest BCUT2D eigenvalue weighted by molar-refractivity contribution is 9.10. The summed E-state index contributed by atoms with van der Waals surface area (Å²) in [6, 6.07) is 15.0. The summed E-state index contributed by atoms with van der Waals surface area (Å²) in [6.45, 7) is 3.81. The van der Waals surface area contributed by atoms with Crippen molar-refractivity contribution in [3.8, 4) is 11.3 Å². The molecule has 4 aromatic rings. The predicted molar refractivity (Wildman–Crippen MR) is 117 cm³/mol. The number of carbonyl (C=O) groups is 2. The van der Waals surface area contributed by atoms with Gasteiger partial charge < -0.3 is 0 Å². The Hall–Kier alpha value is -2.97. The largest absolute Gasteiger partial charge is 0.287 e. The van der Waals surface area contributed by atoms with Gasteiger partial charge in [0.1, 0.15) is 4.88 Å². The second-order valence-electron chi connectivity index (χ2n) is 6.56. The molecule has 2 aromatic carbocycles. The fourth-order valence-electron chi connectivity index (χ4n) is 2.98. The van der Waals surface area contributed by atoms with Crippen LogP contribution in [0.25, 0.3) is 16.2 Å². The molecular formula is C21H17BrN4O2S. The SMILES string of the molecule is Cc1ccc(C(=O)NNC(=O)c2sc3ncc(-c4ccc(Br)cc4)n3c2C)cc1. The number of fused-ring (bicyclic) bond motifs is 1. The number of thiazole rings is 1. The molecule has 2 amide bonds. The van der Waals surface area contributed by atoms with E-state index in [2.05, 4.69) is 31.8 Å². The van der Waals surface area contributed by atoms with Gasteiger partial charge in [-0.25, -0.2) is 4.98 Å². The monoisotopic (exact) mass is 468 g/mol. The minimum atomic E-state index is -0.375. The molecule has 0 fully saturated rings. The lowest BCUT2D eigenvalue weighted by molar-refractivity contribution is 0.0848. The van der Waals surface area contributed by atoms with Crippen molar-refractivity contribution in [2.24, 2.45) is 0 Å². The highest BCUT2D eigenvalue weighted by atomic mass is 79.9. The van der Waals surface area contributed by atoms with Crippen LogP contribution in [0.3, 0.4) is 0 Å². The van der Waals surface area contributed by atoms with Crippen LogP contribution >= 0.6 is 27.3 Å². The van der Waals surface area contributed by atoms with E-state index in [9.17, 15) is 9.59 Å². The number of benzene rings is 2. The summed E-state index contributed by atoms with van der Waals surface area (Å²) in [5, 5.41) is 0. The maximum atomic E-state index is 12.7. The van der Waals surface area contributed by atoms with E-state index in [-0.39, 0.29) is 11.8 Å². The van der Waals surface area contributed by atoms with Crippen LogP contribution in [-0.2, 0) is 0 Å². The molecule has 0 radical (unpaired) electrons. The first-order chi connectivity index (χ1) is 13.9. The van der Waals surface area contributed by atoms with Crippen molar-refractivity contribution in [2.45, 2.75) is 13.8 Å². The lowest BCUT2D eigenvalue weighted by Gasteiger charge is -2.07. The van der Waals surface area contributed by atoms with Gasteiger partial charge >= 0.3 is 0 Å². The van der Waals surface area contributed by atoms with Gasteiger partial charge in [-0.15, -0.1) is 0 Å². The molecule has 2 aromatic heterocycles. The highest BCUT2D eigenvalue weighted by Crippen LogP contribution is 2.29. The number of aryl methyl sites for hydroxylation is 2. The van der Waals surface area contributed by atoms with Gasteiger partial charge in [0, 0.05) is 21.3 Å². The van der Waals surface area contributed by atoms with E-state index >= 15 is 0 Å². The standard InChI is InChI=1S/C21H17BrN4O2S/c1-12-3-5-15(6-4-12)19(27)24-25-20(28)18-13(2)26-17(11-23-21(26)29-18)14-7-9-16(22)10-8-14/h3-11H,1-2H3,(H,24,27)(H,25,28). The van der Waals surface area contributed by atoms with Gasteiger partial charge in [0.05, 0.1) is 11.9 Å². The summed E-state index contributed by atoms with van der Waals surface area (Å²) in [5.74, 6) is -0.742. The zero-order chi connectivity index (χ0) is 20.5. The molecule has 0 bridgehead atoms. The van der Waals surface area contributed by atoms with E-state index in [1.165, 1.54) is 11.3 Å². The molecule has 0 aliphatic rings. The summed E-state index contributed by atoms with van der Waals surface area (Å²) < 4.78 is 2.94. The van der Waals surface area contributed by atoms with Crippen LogP contribution in [0, 0.1) is 13.8 Å². The molecule has 6 nitrogen and oxygen atoms in total. The molecule has 0 saturated carbocycles. The second kappa shape index (κ2) is 7.81. The van der Waals surface area contributed by atoms with E-state index in [1.54, 1.807) is 18.3 Å². The van der Waals surface area contributed by atoms with Crippen LogP contribution in [-0.4, -0.2) is 21.2 Å². The predicted octanol–water partition coefficient (Wildman–Crippen LogP) is 4.52. The Morgan fingerprint density at radius 1 is 0.966 bits per heavy atom. The maximum Gasteiger partial charge on any atom is 0.281 e. The summed E-state index contributed by atoms with van der Waals surface area (Å²) in [7, 11) is 0. The van der Waals surface area contributed by atoms with E-state index in [4.69, 9.17) is 0 Å². The number of amides is 2. The highest BCUT2D eigenvalue weighted by Gasteiger charge is 2.20. The zero-order valence-electron chi connectivity index (χ0n) is 15.7. The van der Waals surface area contributed by atoms with Gasteiger partial charge in [0.15, 0.2) is 4.96 Å². The number of halogens is 1. The average molecular weight is 469 g/mol. The van der Waals surface area contributed by atoms with E-state index < -0.39 is 0 Å². The number of hydrogen-bond donors (Lipinski definition) is 2. The molecule has 2 heterocycles. The minimum Gasteiger partial charge on any atom is -0.287 e. The first kappa shape index (κ1) is 19.4.